The van der Waals surface area contributed by atoms with Crippen LogP contribution >= 0.6 is 0 Å². The van der Waals surface area contributed by atoms with Gasteiger partial charge in [-0.3, -0.25) is 4.79 Å². The lowest BCUT2D eigenvalue weighted by atomic mass is 9.92. The van der Waals surface area contributed by atoms with Crippen LogP contribution in [0.1, 0.15) is 79.8 Å². The van der Waals surface area contributed by atoms with Crippen molar-refractivity contribution in [2.24, 2.45) is 5.73 Å². The fourth-order valence-corrected chi connectivity index (χ4v) is 4.20. The number of aryl methyl sites for hydroxylation is 1. The lowest BCUT2D eigenvalue weighted by Gasteiger charge is -2.24. The smallest absolute Gasteiger partial charge is 0.194 e. The number of nitrogens with two attached hydrogens (primary N) is 1. The van der Waals surface area contributed by atoms with Crippen LogP contribution in [0.4, 0.5) is 0 Å². The number of hydrogen-bond donors (Lipinski definition) is 3. The third-order valence-corrected chi connectivity index (χ3v) is 6.41. The zero-order chi connectivity index (χ0) is 23.0. The number of benzene rings is 2. The molecule has 0 unspecified atom stereocenters. The van der Waals surface area contributed by atoms with Crippen molar-refractivity contribution in [3.8, 4) is 16.9 Å². The van der Waals surface area contributed by atoms with Crippen LogP contribution in [0.5, 0.6) is 5.75 Å². The van der Waals surface area contributed by atoms with Crippen molar-refractivity contribution in [3.63, 3.8) is 0 Å². The average Bonchev–Trinajstić information content (AvgIpc) is 3.10. The largest absolute Gasteiger partial charge is 0.494 e. The molecule has 0 heterocycles. The predicted octanol–water partition coefficient (Wildman–Crippen LogP) is 4.64. The zero-order valence-electron chi connectivity index (χ0n) is 19.2. The molecule has 4 N–H and O–H groups in total. The highest BCUT2D eigenvalue weighted by Gasteiger charge is 2.28. The van der Waals surface area contributed by atoms with E-state index in [1.165, 1.54) is 38.5 Å². The summed E-state index contributed by atoms with van der Waals surface area (Å²) in [5.74, 6) is 0.775. The van der Waals surface area contributed by atoms with E-state index in [-0.39, 0.29) is 19.0 Å². The van der Waals surface area contributed by atoms with Crippen LogP contribution in [0, 0.1) is 0 Å². The van der Waals surface area contributed by atoms with E-state index >= 15 is 0 Å². The van der Waals surface area contributed by atoms with Crippen molar-refractivity contribution in [1.82, 2.24) is 0 Å². The van der Waals surface area contributed by atoms with E-state index in [1.807, 2.05) is 36.4 Å². The van der Waals surface area contributed by atoms with Gasteiger partial charge in [-0.25, -0.2) is 0 Å². The number of hydrogen-bond acceptors (Lipinski definition) is 5. The lowest BCUT2D eigenvalue weighted by Crippen LogP contribution is -2.47. The number of aliphatic hydroxyl groups is 2. The van der Waals surface area contributed by atoms with E-state index in [4.69, 9.17) is 10.5 Å². The number of carbonyl (C=O) groups excluding carboxylic acids is 1. The molecular formula is C27H37NO4. The van der Waals surface area contributed by atoms with Crippen molar-refractivity contribution in [2.75, 3.05) is 19.8 Å². The summed E-state index contributed by atoms with van der Waals surface area (Å²) in [6.45, 7) is 2.37. The van der Waals surface area contributed by atoms with Crippen LogP contribution in [0.3, 0.4) is 0 Å². The standard InChI is InChI=1S/C27H37NO4/c1-2-3-4-5-6-7-8-15-32-21-10-12-22-24-16-20(13-14-27(28,18-29)19-30)9-11-23(24)26(31)25(22)17-21/h9-12,16-17,29-30H,2-8,13-15,18-19,28H2,1H3. The normalized spacial score (nSPS) is 12.7. The third-order valence-electron chi connectivity index (χ3n) is 6.41. The van der Waals surface area contributed by atoms with Gasteiger partial charge < -0.3 is 20.7 Å². The molecule has 0 fully saturated rings. The molecule has 2 aromatic carbocycles. The minimum absolute atomic E-state index is 0.0295. The van der Waals surface area contributed by atoms with Crippen molar-refractivity contribution in [1.29, 1.82) is 0 Å². The van der Waals surface area contributed by atoms with Crippen LogP contribution in [0.25, 0.3) is 11.1 Å². The number of ether oxygens (including phenoxy) is 1. The van der Waals surface area contributed by atoms with Gasteiger partial charge in [0.05, 0.1) is 25.4 Å². The van der Waals surface area contributed by atoms with E-state index in [2.05, 4.69) is 6.92 Å². The quantitative estimate of drug-likeness (QED) is 0.318. The SMILES string of the molecule is CCCCCCCCCOc1ccc2c(c1)C(=O)c1ccc(CCC(N)(CO)CO)cc1-2. The molecule has 0 aromatic heterocycles. The van der Waals surface area contributed by atoms with Crippen LogP contribution in [0.15, 0.2) is 36.4 Å². The van der Waals surface area contributed by atoms with Crippen LogP contribution in [-0.2, 0) is 6.42 Å². The fraction of sp³-hybridized carbons (Fsp3) is 0.519. The van der Waals surface area contributed by atoms with E-state index in [0.717, 1.165) is 28.9 Å². The van der Waals surface area contributed by atoms with Gasteiger partial charge in [0.15, 0.2) is 5.78 Å². The van der Waals surface area contributed by atoms with Crippen molar-refractivity contribution in [3.05, 3.63) is 53.1 Å². The summed E-state index contributed by atoms with van der Waals surface area (Å²) in [5.41, 5.74) is 9.28. The number of unbranched alkanes of at least 4 members (excludes halogenated alkanes) is 6. The number of rotatable bonds is 14. The molecule has 0 saturated heterocycles. The van der Waals surface area contributed by atoms with E-state index in [0.29, 0.717) is 30.6 Å². The first-order chi connectivity index (χ1) is 15.5. The van der Waals surface area contributed by atoms with Crippen molar-refractivity contribution < 1.29 is 19.7 Å². The van der Waals surface area contributed by atoms with Crippen LogP contribution in [-0.4, -0.2) is 41.4 Å². The Kier molecular flexibility index (Phi) is 8.85. The highest BCUT2D eigenvalue weighted by atomic mass is 16.5. The van der Waals surface area contributed by atoms with Gasteiger partial charge in [-0.1, -0.05) is 63.6 Å². The van der Waals surface area contributed by atoms with E-state index < -0.39 is 5.54 Å². The third kappa shape index (κ3) is 5.97. The maximum absolute atomic E-state index is 12.9. The second-order valence-corrected chi connectivity index (χ2v) is 9.06. The highest BCUT2D eigenvalue weighted by Crippen LogP contribution is 2.39. The lowest BCUT2D eigenvalue weighted by molar-refractivity contribution is 0.104. The van der Waals surface area contributed by atoms with Gasteiger partial charge in [0.25, 0.3) is 0 Å². The Morgan fingerprint density at radius 1 is 0.844 bits per heavy atom. The Morgan fingerprint density at radius 2 is 1.53 bits per heavy atom. The molecule has 0 bridgehead atoms. The van der Waals surface area contributed by atoms with Gasteiger partial charge in [0, 0.05) is 11.1 Å². The summed E-state index contributed by atoms with van der Waals surface area (Å²) in [4.78, 5) is 12.9. The molecule has 0 saturated carbocycles. The minimum Gasteiger partial charge on any atom is -0.494 e. The van der Waals surface area contributed by atoms with E-state index in [1.54, 1.807) is 0 Å². The Labute approximate surface area is 191 Å². The maximum atomic E-state index is 12.9. The second-order valence-electron chi connectivity index (χ2n) is 9.06. The Hall–Kier alpha value is -2.21. The summed E-state index contributed by atoms with van der Waals surface area (Å²) >= 11 is 0. The second kappa shape index (κ2) is 11.6. The molecule has 0 spiro atoms. The van der Waals surface area contributed by atoms with Gasteiger partial charge in [-0.15, -0.1) is 0 Å². The van der Waals surface area contributed by atoms with Crippen LogP contribution in [0.2, 0.25) is 0 Å². The number of ketones is 1. The molecular weight excluding hydrogens is 402 g/mol. The molecule has 0 radical (unpaired) electrons. The summed E-state index contributed by atoms with van der Waals surface area (Å²) in [5, 5.41) is 18.8. The Bertz CT molecular complexity index is 905. The molecule has 1 aliphatic rings. The van der Waals surface area contributed by atoms with Gasteiger partial charge in [0.2, 0.25) is 0 Å². The summed E-state index contributed by atoms with van der Waals surface area (Å²) < 4.78 is 5.92. The van der Waals surface area contributed by atoms with Crippen LogP contribution < -0.4 is 10.5 Å². The molecule has 0 amide bonds. The van der Waals surface area contributed by atoms with Crippen molar-refractivity contribution >= 4 is 5.78 Å². The molecule has 2 aromatic rings. The van der Waals surface area contributed by atoms with Crippen molar-refractivity contribution in [2.45, 2.75) is 70.3 Å². The number of carbonyl (C=O) groups is 1. The topological polar surface area (TPSA) is 92.8 Å². The fourth-order valence-electron chi connectivity index (χ4n) is 4.20. The first kappa shape index (κ1) is 24.4. The summed E-state index contributed by atoms with van der Waals surface area (Å²) in [6.07, 6.45) is 9.76. The monoisotopic (exact) mass is 439 g/mol. The highest BCUT2D eigenvalue weighted by molar-refractivity contribution is 6.21. The molecule has 5 heteroatoms. The van der Waals surface area contributed by atoms with Gasteiger partial charge in [-0.05, 0) is 54.2 Å². The predicted molar refractivity (Wildman–Crippen MR) is 128 cm³/mol. The first-order valence-corrected chi connectivity index (χ1v) is 12.0. The van der Waals surface area contributed by atoms with Gasteiger partial charge in [0.1, 0.15) is 5.75 Å². The van der Waals surface area contributed by atoms with Gasteiger partial charge >= 0.3 is 0 Å². The maximum Gasteiger partial charge on any atom is 0.194 e. The Morgan fingerprint density at radius 3 is 2.25 bits per heavy atom. The zero-order valence-corrected chi connectivity index (χ0v) is 19.2. The van der Waals surface area contributed by atoms with Gasteiger partial charge in [-0.2, -0.15) is 0 Å². The molecule has 32 heavy (non-hydrogen) atoms. The first-order valence-electron chi connectivity index (χ1n) is 12.0. The number of fused-ring (bicyclic) bond motifs is 3. The minimum atomic E-state index is -0.992. The molecule has 0 aliphatic heterocycles. The van der Waals surface area contributed by atoms with E-state index in [9.17, 15) is 15.0 Å². The number of aliphatic hydroxyl groups excluding tert-OH is 2. The molecule has 0 atom stereocenters. The molecule has 174 valence electrons. The summed E-state index contributed by atoms with van der Waals surface area (Å²) in [7, 11) is 0. The molecule has 5 nitrogen and oxygen atoms in total. The molecule has 1 aliphatic carbocycles. The molecule has 3 rings (SSSR count). The Balaban J connectivity index is 1.59. The average molecular weight is 440 g/mol. The summed E-state index contributed by atoms with van der Waals surface area (Å²) in [6, 6.07) is 11.6.